The summed E-state index contributed by atoms with van der Waals surface area (Å²) in [5.74, 6) is 0.674. The highest BCUT2D eigenvalue weighted by Crippen LogP contribution is 2.31. The Morgan fingerprint density at radius 3 is 2.25 bits per heavy atom. The molecule has 1 N–H and O–H groups in total. The summed E-state index contributed by atoms with van der Waals surface area (Å²) in [5, 5.41) is 12.1. The van der Waals surface area contributed by atoms with E-state index in [1.807, 2.05) is 54.6 Å². The summed E-state index contributed by atoms with van der Waals surface area (Å²) in [6.07, 6.45) is 0. The molecule has 3 heteroatoms. The van der Waals surface area contributed by atoms with E-state index >= 15 is 0 Å². The van der Waals surface area contributed by atoms with E-state index in [-0.39, 0.29) is 5.75 Å². The quantitative estimate of drug-likeness (QED) is 0.741. The SMILES string of the molecule is Oc1cc2ccccc2cc1OCc1ccc(Br)cc1. The van der Waals surface area contributed by atoms with Crippen LogP contribution < -0.4 is 4.74 Å². The van der Waals surface area contributed by atoms with Gasteiger partial charge < -0.3 is 9.84 Å². The van der Waals surface area contributed by atoms with E-state index < -0.39 is 0 Å². The molecule has 0 saturated heterocycles. The van der Waals surface area contributed by atoms with Gasteiger partial charge in [-0.3, -0.25) is 0 Å². The maximum atomic E-state index is 10.00. The number of phenolic OH excluding ortho intramolecular Hbond substituents is 1. The van der Waals surface area contributed by atoms with Crippen molar-refractivity contribution in [3.05, 3.63) is 70.7 Å². The van der Waals surface area contributed by atoms with Crippen LogP contribution in [0.1, 0.15) is 5.56 Å². The van der Waals surface area contributed by atoms with Crippen molar-refractivity contribution in [3.63, 3.8) is 0 Å². The number of phenols is 1. The first-order chi connectivity index (χ1) is 9.72. The van der Waals surface area contributed by atoms with Gasteiger partial charge in [-0.05, 0) is 40.6 Å². The van der Waals surface area contributed by atoms with E-state index in [2.05, 4.69) is 15.9 Å². The Hall–Kier alpha value is -2.00. The van der Waals surface area contributed by atoms with E-state index in [4.69, 9.17) is 4.74 Å². The molecular weight excluding hydrogens is 316 g/mol. The van der Waals surface area contributed by atoms with Gasteiger partial charge in [-0.15, -0.1) is 0 Å². The van der Waals surface area contributed by atoms with Gasteiger partial charge in [-0.1, -0.05) is 52.3 Å². The molecule has 100 valence electrons. The molecule has 20 heavy (non-hydrogen) atoms. The molecule has 0 fully saturated rings. The number of rotatable bonds is 3. The summed E-state index contributed by atoms with van der Waals surface area (Å²) in [4.78, 5) is 0. The summed E-state index contributed by atoms with van der Waals surface area (Å²) in [7, 11) is 0. The van der Waals surface area contributed by atoms with E-state index in [0.717, 1.165) is 20.8 Å². The lowest BCUT2D eigenvalue weighted by atomic mass is 10.1. The van der Waals surface area contributed by atoms with Crippen molar-refractivity contribution in [2.24, 2.45) is 0 Å². The molecule has 0 aliphatic rings. The Bertz CT molecular complexity index is 736. The fourth-order valence-corrected chi connectivity index (χ4v) is 2.33. The highest BCUT2D eigenvalue weighted by atomic mass is 79.9. The first-order valence-electron chi connectivity index (χ1n) is 6.31. The van der Waals surface area contributed by atoms with Crippen LogP contribution in [0.3, 0.4) is 0 Å². The number of aromatic hydroxyl groups is 1. The minimum absolute atomic E-state index is 0.167. The summed E-state index contributed by atoms with van der Waals surface area (Å²) in [6.45, 7) is 0.430. The number of halogens is 1. The molecule has 3 rings (SSSR count). The van der Waals surface area contributed by atoms with Crippen LogP contribution in [0.2, 0.25) is 0 Å². The topological polar surface area (TPSA) is 29.5 Å². The number of benzene rings is 3. The Morgan fingerprint density at radius 2 is 1.55 bits per heavy atom. The van der Waals surface area contributed by atoms with Crippen LogP contribution in [-0.2, 0) is 6.61 Å². The molecule has 0 saturated carbocycles. The van der Waals surface area contributed by atoms with Crippen molar-refractivity contribution >= 4 is 26.7 Å². The molecule has 2 nitrogen and oxygen atoms in total. The summed E-state index contributed by atoms with van der Waals surface area (Å²) < 4.78 is 6.74. The van der Waals surface area contributed by atoms with E-state index in [1.165, 1.54) is 0 Å². The monoisotopic (exact) mass is 328 g/mol. The maximum Gasteiger partial charge on any atom is 0.162 e. The first kappa shape index (κ1) is 13.0. The molecule has 0 aliphatic carbocycles. The van der Waals surface area contributed by atoms with Gasteiger partial charge in [0, 0.05) is 4.47 Å². The molecule has 0 heterocycles. The lowest BCUT2D eigenvalue weighted by molar-refractivity contribution is 0.289. The molecule has 0 unspecified atom stereocenters. The predicted octanol–water partition coefficient (Wildman–Crippen LogP) is 4.89. The van der Waals surface area contributed by atoms with Gasteiger partial charge >= 0.3 is 0 Å². The third-order valence-electron chi connectivity index (χ3n) is 3.13. The summed E-state index contributed by atoms with van der Waals surface area (Å²) in [5.41, 5.74) is 1.06. The summed E-state index contributed by atoms with van der Waals surface area (Å²) >= 11 is 3.40. The highest BCUT2D eigenvalue weighted by molar-refractivity contribution is 9.10. The number of hydrogen-bond acceptors (Lipinski definition) is 2. The van der Waals surface area contributed by atoms with Crippen LogP contribution in [0.4, 0.5) is 0 Å². The van der Waals surface area contributed by atoms with Gasteiger partial charge in [0.25, 0.3) is 0 Å². The molecule has 0 aliphatic heterocycles. The average molecular weight is 329 g/mol. The van der Waals surface area contributed by atoms with Crippen molar-refractivity contribution in [2.45, 2.75) is 6.61 Å². The van der Waals surface area contributed by atoms with E-state index in [0.29, 0.717) is 12.4 Å². The lowest BCUT2D eigenvalue weighted by Gasteiger charge is -2.09. The molecule has 0 atom stereocenters. The van der Waals surface area contributed by atoms with Gasteiger partial charge in [-0.2, -0.15) is 0 Å². The van der Waals surface area contributed by atoms with Crippen LogP contribution in [0, 0.1) is 0 Å². The Kier molecular flexibility index (Phi) is 3.61. The second-order valence-corrected chi connectivity index (χ2v) is 5.50. The molecule has 3 aromatic carbocycles. The Balaban J connectivity index is 1.83. The predicted molar refractivity (Wildman–Crippen MR) is 84.1 cm³/mol. The third-order valence-corrected chi connectivity index (χ3v) is 3.66. The van der Waals surface area contributed by atoms with E-state index in [9.17, 15) is 5.11 Å². The smallest absolute Gasteiger partial charge is 0.162 e. The zero-order valence-electron chi connectivity index (χ0n) is 10.7. The van der Waals surface area contributed by atoms with Crippen molar-refractivity contribution in [3.8, 4) is 11.5 Å². The second kappa shape index (κ2) is 5.55. The second-order valence-electron chi connectivity index (χ2n) is 4.58. The van der Waals surface area contributed by atoms with Crippen molar-refractivity contribution in [1.29, 1.82) is 0 Å². The number of ether oxygens (including phenoxy) is 1. The average Bonchev–Trinajstić information content (AvgIpc) is 2.47. The Labute approximate surface area is 125 Å². The fraction of sp³-hybridized carbons (Fsp3) is 0.0588. The number of hydrogen-bond donors (Lipinski definition) is 1. The van der Waals surface area contributed by atoms with Crippen LogP contribution in [0.25, 0.3) is 10.8 Å². The molecule has 0 aromatic heterocycles. The normalized spacial score (nSPS) is 10.7. The van der Waals surface area contributed by atoms with Crippen LogP contribution in [0.15, 0.2) is 65.1 Å². The first-order valence-corrected chi connectivity index (χ1v) is 7.11. The van der Waals surface area contributed by atoms with Gasteiger partial charge in [0.1, 0.15) is 6.61 Å². The lowest BCUT2D eigenvalue weighted by Crippen LogP contribution is -1.95. The maximum absolute atomic E-state index is 10.00. The van der Waals surface area contributed by atoms with Crippen molar-refractivity contribution in [2.75, 3.05) is 0 Å². The fourth-order valence-electron chi connectivity index (χ4n) is 2.06. The molecular formula is C17H13BrO2. The molecule has 0 amide bonds. The van der Waals surface area contributed by atoms with Crippen LogP contribution >= 0.6 is 15.9 Å². The molecule has 3 aromatic rings. The molecule has 0 spiro atoms. The third kappa shape index (κ3) is 2.78. The zero-order chi connectivity index (χ0) is 13.9. The van der Waals surface area contributed by atoms with Gasteiger partial charge in [-0.25, -0.2) is 0 Å². The minimum atomic E-state index is 0.167. The standard InChI is InChI=1S/C17H13BrO2/c18-15-7-5-12(6-8-15)11-20-17-10-14-4-2-1-3-13(14)9-16(17)19/h1-10,19H,11H2. The number of fused-ring (bicyclic) bond motifs is 1. The van der Waals surface area contributed by atoms with Gasteiger partial charge in [0.05, 0.1) is 0 Å². The van der Waals surface area contributed by atoms with Crippen LogP contribution in [-0.4, -0.2) is 5.11 Å². The van der Waals surface area contributed by atoms with Gasteiger partial charge in [0.15, 0.2) is 11.5 Å². The largest absolute Gasteiger partial charge is 0.504 e. The van der Waals surface area contributed by atoms with Crippen molar-refractivity contribution < 1.29 is 9.84 Å². The zero-order valence-corrected chi connectivity index (χ0v) is 12.3. The Morgan fingerprint density at radius 1 is 0.900 bits per heavy atom. The molecule has 0 radical (unpaired) electrons. The van der Waals surface area contributed by atoms with E-state index in [1.54, 1.807) is 6.07 Å². The van der Waals surface area contributed by atoms with Crippen molar-refractivity contribution in [1.82, 2.24) is 0 Å². The minimum Gasteiger partial charge on any atom is -0.504 e. The van der Waals surface area contributed by atoms with Crippen LogP contribution in [0.5, 0.6) is 11.5 Å². The molecule has 0 bridgehead atoms. The summed E-state index contributed by atoms with van der Waals surface area (Å²) in [6, 6.07) is 19.4. The highest BCUT2D eigenvalue weighted by Gasteiger charge is 2.05. The van der Waals surface area contributed by atoms with Gasteiger partial charge in [0.2, 0.25) is 0 Å².